The molecule has 0 aromatic heterocycles. The van der Waals surface area contributed by atoms with Crippen LogP contribution in [0.4, 0.5) is 11.4 Å². The Morgan fingerprint density at radius 1 is 1.10 bits per heavy atom. The second kappa shape index (κ2) is 6.04. The number of rotatable bonds is 3. The molecule has 0 saturated carbocycles. The fourth-order valence-corrected chi connectivity index (χ4v) is 2.33. The molecule has 0 spiro atoms. The van der Waals surface area contributed by atoms with Crippen molar-refractivity contribution in [3.8, 4) is 0 Å². The van der Waals surface area contributed by atoms with Gasteiger partial charge in [-0.2, -0.15) is 0 Å². The average molecular weight is 319 g/mol. The third kappa shape index (κ3) is 3.96. The van der Waals surface area contributed by atoms with Crippen LogP contribution in [0.25, 0.3) is 0 Å². The van der Waals surface area contributed by atoms with Crippen molar-refractivity contribution in [3.63, 3.8) is 0 Å². The standard InChI is InChI=1S/C17H19ClN2S/c1-17(2,3)12-5-7-13(8-6-12)20-15-9-4-11(16(19)21)10-14(15)18/h4-10,20H,1-3H3,(H2,19,21). The highest BCUT2D eigenvalue weighted by Crippen LogP contribution is 2.28. The van der Waals surface area contributed by atoms with E-state index in [0.29, 0.717) is 10.0 Å². The van der Waals surface area contributed by atoms with Crippen LogP contribution < -0.4 is 11.1 Å². The zero-order valence-electron chi connectivity index (χ0n) is 12.4. The number of nitrogens with two attached hydrogens (primary N) is 1. The lowest BCUT2D eigenvalue weighted by atomic mass is 9.87. The van der Waals surface area contributed by atoms with Crippen molar-refractivity contribution in [1.29, 1.82) is 0 Å². The molecule has 0 saturated heterocycles. The summed E-state index contributed by atoms with van der Waals surface area (Å²) >= 11 is 11.2. The number of hydrogen-bond donors (Lipinski definition) is 2. The predicted octanol–water partition coefficient (Wildman–Crippen LogP) is 5.02. The third-order valence-electron chi connectivity index (χ3n) is 3.28. The minimum atomic E-state index is 0.147. The molecule has 0 heterocycles. The maximum absolute atomic E-state index is 6.25. The van der Waals surface area contributed by atoms with Crippen LogP contribution in [0.2, 0.25) is 5.02 Å². The minimum Gasteiger partial charge on any atom is -0.389 e. The first kappa shape index (κ1) is 15.8. The summed E-state index contributed by atoms with van der Waals surface area (Å²) in [6.07, 6.45) is 0. The Labute approximate surface area is 136 Å². The van der Waals surface area contributed by atoms with Gasteiger partial charge in [-0.1, -0.05) is 56.7 Å². The summed E-state index contributed by atoms with van der Waals surface area (Å²) in [6.45, 7) is 6.59. The van der Waals surface area contributed by atoms with E-state index in [-0.39, 0.29) is 5.41 Å². The van der Waals surface area contributed by atoms with Crippen molar-refractivity contribution in [3.05, 3.63) is 58.6 Å². The van der Waals surface area contributed by atoms with Crippen molar-refractivity contribution in [2.75, 3.05) is 5.32 Å². The van der Waals surface area contributed by atoms with E-state index in [1.54, 1.807) is 6.07 Å². The monoisotopic (exact) mass is 318 g/mol. The van der Waals surface area contributed by atoms with Gasteiger partial charge in [-0.15, -0.1) is 0 Å². The van der Waals surface area contributed by atoms with Crippen LogP contribution in [-0.2, 0) is 5.41 Å². The molecule has 0 radical (unpaired) electrons. The molecule has 2 rings (SSSR count). The number of anilines is 2. The van der Waals surface area contributed by atoms with Gasteiger partial charge in [-0.3, -0.25) is 0 Å². The molecule has 0 aliphatic heterocycles. The van der Waals surface area contributed by atoms with E-state index >= 15 is 0 Å². The minimum absolute atomic E-state index is 0.147. The SMILES string of the molecule is CC(C)(C)c1ccc(Nc2ccc(C(N)=S)cc2Cl)cc1. The van der Waals surface area contributed by atoms with Gasteiger partial charge in [0.1, 0.15) is 4.99 Å². The van der Waals surface area contributed by atoms with E-state index in [1.807, 2.05) is 12.1 Å². The number of hydrogen-bond acceptors (Lipinski definition) is 2. The van der Waals surface area contributed by atoms with E-state index in [1.165, 1.54) is 5.56 Å². The molecule has 0 aliphatic carbocycles. The van der Waals surface area contributed by atoms with Gasteiger partial charge < -0.3 is 11.1 Å². The van der Waals surface area contributed by atoms with Crippen LogP contribution in [0.1, 0.15) is 31.9 Å². The summed E-state index contributed by atoms with van der Waals surface area (Å²) in [5, 5.41) is 3.90. The molecule has 0 unspecified atom stereocenters. The molecule has 3 N–H and O–H groups in total. The van der Waals surface area contributed by atoms with Crippen LogP contribution >= 0.6 is 23.8 Å². The first-order valence-corrected chi connectivity index (χ1v) is 7.53. The quantitative estimate of drug-likeness (QED) is 0.781. The van der Waals surface area contributed by atoms with Gasteiger partial charge in [0.05, 0.1) is 10.7 Å². The summed E-state index contributed by atoms with van der Waals surface area (Å²) in [5.74, 6) is 0. The molecular formula is C17H19ClN2S. The molecule has 2 nitrogen and oxygen atoms in total. The summed E-state index contributed by atoms with van der Waals surface area (Å²) in [7, 11) is 0. The van der Waals surface area contributed by atoms with Crippen LogP contribution in [-0.4, -0.2) is 4.99 Å². The Morgan fingerprint density at radius 2 is 1.71 bits per heavy atom. The lowest BCUT2D eigenvalue weighted by Gasteiger charge is -2.19. The lowest BCUT2D eigenvalue weighted by Crippen LogP contribution is -2.10. The van der Waals surface area contributed by atoms with E-state index in [0.717, 1.165) is 16.9 Å². The molecule has 0 fully saturated rings. The molecule has 4 heteroatoms. The molecule has 2 aromatic rings. The Bertz CT molecular complexity index is 657. The molecule has 0 amide bonds. The molecule has 0 bridgehead atoms. The molecule has 2 aromatic carbocycles. The number of halogens is 1. The Hall–Kier alpha value is -1.58. The van der Waals surface area contributed by atoms with Crippen molar-refractivity contribution in [1.82, 2.24) is 0 Å². The fraction of sp³-hybridized carbons (Fsp3) is 0.235. The number of benzene rings is 2. The molecule has 110 valence electrons. The Balaban J connectivity index is 2.20. The van der Waals surface area contributed by atoms with Crippen LogP contribution in [0.3, 0.4) is 0 Å². The van der Waals surface area contributed by atoms with Gasteiger partial charge >= 0.3 is 0 Å². The van der Waals surface area contributed by atoms with Crippen molar-refractivity contribution in [2.45, 2.75) is 26.2 Å². The van der Waals surface area contributed by atoms with E-state index in [2.05, 4.69) is 50.4 Å². The van der Waals surface area contributed by atoms with E-state index < -0.39 is 0 Å². The summed E-state index contributed by atoms with van der Waals surface area (Å²) in [6, 6.07) is 13.9. The topological polar surface area (TPSA) is 38.0 Å². The molecule has 21 heavy (non-hydrogen) atoms. The Morgan fingerprint density at radius 3 is 2.19 bits per heavy atom. The molecular weight excluding hydrogens is 300 g/mol. The van der Waals surface area contributed by atoms with Gasteiger partial charge in [-0.25, -0.2) is 0 Å². The van der Waals surface area contributed by atoms with Crippen LogP contribution in [0, 0.1) is 0 Å². The van der Waals surface area contributed by atoms with Crippen molar-refractivity contribution in [2.24, 2.45) is 5.73 Å². The highest BCUT2D eigenvalue weighted by atomic mass is 35.5. The fourth-order valence-electron chi connectivity index (χ4n) is 1.98. The van der Waals surface area contributed by atoms with Crippen LogP contribution in [0.15, 0.2) is 42.5 Å². The van der Waals surface area contributed by atoms with Gasteiger partial charge in [-0.05, 0) is 41.3 Å². The highest BCUT2D eigenvalue weighted by molar-refractivity contribution is 7.80. The highest BCUT2D eigenvalue weighted by Gasteiger charge is 2.13. The summed E-state index contributed by atoms with van der Waals surface area (Å²) < 4.78 is 0. The third-order valence-corrected chi connectivity index (χ3v) is 3.83. The first-order valence-electron chi connectivity index (χ1n) is 6.74. The van der Waals surface area contributed by atoms with Gasteiger partial charge in [0.15, 0.2) is 0 Å². The first-order chi connectivity index (χ1) is 9.77. The summed E-state index contributed by atoms with van der Waals surface area (Å²) in [5.41, 5.74) is 9.63. The summed E-state index contributed by atoms with van der Waals surface area (Å²) in [4.78, 5) is 0.345. The largest absolute Gasteiger partial charge is 0.389 e. The number of thiocarbonyl (C=S) groups is 1. The van der Waals surface area contributed by atoms with Crippen molar-refractivity contribution >= 4 is 40.2 Å². The second-order valence-corrected chi connectivity index (χ2v) is 6.86. The zero-order chi connectivity index (χ0) is 15.6. The average Bonchev–Trinajstić information content (AvgIpc) is 2.40. The van der Waals surface area contributed by atoms with Gasteiger partial charge in [0.25, 0.3) is 0 Å². The second-order valence-electron chi connectivity index (χ2n) is 6.01. The smallest absolute Gasteiger partial charge is 0.104 e. The zero-order valence-corrected chi connectivity index (χ0v) is 14.0. The maximum Gasteiger partial charge on any atom is 0.104 e. The maximum atomic E-state index is 6.25. The van der Waals surface area contributed by atoms with Crippen LogP contribution in [0.5, 0.6) is 0 Å². The van der Waals surface area contributed by atoms with Gasteiger partial charge in [0, 0.05) is 11.3 Å². The molecule has 0 aliphatic rings. The van der Waals surface area contributed by atoms with Crippen molar-refractivity contribution < 1.29 is 0 Å². The molecule has 0 atom stereocenters. The lowest BCUT2D eigenvalue weighted by molar-refractivity contribution is 0.590. The Kier molecular flexibility index (Phi) is 4.55. The predicted molar refractivity (Wildman–Crippen MR) is 95.8 cm³/mol. The van der Waals surface area contributed by atoms with Gasteiger partial charge in [0.2, 0.25) is 0 Å². The number of nitrogens with one attached hydrogen (secondary N) is 1. The van der Waals surface area contributed by atoms with E-state index in [4.69, 9.17) is 29.6 Å². The van der Waals surface area contributed by atoms with E-state index in [9.17, 15) is 0 Å². The normalized spacial score (nSPS) is 11.2.